The van der Waals surface area contributed by atoms with E-state index in [0.717, 1.165) is 5.82 Å². The van der Waals surface area contributed by atoms with Gasteiger partial charge in [0.25, 0.3) is 5.56 Å². The Kier molecular flexibility index (Phi) is 2.49. The molecular weight excluding hydrogens is 204 g/mol. The molecule has 2 rings (SSSR count). The van der Waals surface area contributed by atoms with Gasteiger partial charge in [-0.25, -0.2) is 9.67 Å². The number of aromatic nitrogens is 4. The smallest absolute Gasteiger partial charge is 0.292 e. The Hall–Kier alpha value is -2.09. The number of nitrogens with zero attached hydrogens (tertiary/aromatic N) is 4. The zero-order valence-electron chi connectivity index (χ0n) is 9.48. The van der Waals surface area contributed by atoms with Gasteiger partial charge in [0.2, 0.25) is 0 Å². The maximum absolute atomic E-state index is 11.9. The molecule has 0 saturated heterocycles. The van der Waals surface area contributed by atoms with Crippen LogP contribution in [0.2, 0.25) is 0 Å². The molecule has 0 saturated carbocycles. The first kappa shape index (κ1) is 10.4. The highest BCUT2D eigenvalue weighted by Gasteiger charge is 2.11. The van der Waals surface area contributed by atoms with Crippen molar-refractivity contribution >= 4 is 11.0 Å². The van der Waals surface area contributed by atoms with Crippen LogP contribution in [0.25, 0.3) is 11.0 Å². The number of hydrogen-bond donors (Lipinski definition) is 0. The minimum Gasteiger partial charge on any atom is -0.312 e. The van der Waals surface area contributed by atoms with Crippen molar-refractivity contribution in [3.8, 4) is 11.8 Å². The molecule has 82 valence electrons. The normalized spacial score (nSPS) is 10.2. The molecule has 0 radical (unpaired) electrons. The van der Waals surface area contributed by atoms with Crippen molar-refractivity contribution in [3.05, 3.63) is 22.4 Å². The first-order valence-electron chi connectivity index (χ1n) is 4.94. The van der Waals surface area contributed by atoms with Crippen LogP contribution in [0.1, 0.15) is 12.7 Å². The fourth-order valence-corrected chi connectivity index (χ4v) is 1.60. The Morgan fingerprint density at radius 2 is 2.25 bits per heavy atom. The van der Waals surface area contributed by atoms with Crippen LogP contribution in [0.15, 0.2) is 11.0 Å². The summed E-state index contributed by atoms with van der Waals surface area (Å²) < 4.78 is 3.12. The van der Waals surface area contributed by atoms with Crippen molar-refractivity contribution in [2.75, 3.05) is 0 Å². The van der Waals surface area contributed by atoms with Gasteiger partial charge in [-0.1, -0.05) is 5.92 Å². The predicted molar refractivity (Wildman–Crippen MR) is 61.0 cm³/mol. The van der Waals surface area contributed by atoms with E-state index in [0.29, 0.717) is 17.6 Å². The largest absolute Gasteiger partial charge is 0.312 e. The molecule has 0 unspecified atom stereocenters. The molecule has 0 fully saturated rings. The Balaban J connectivity index is 2.79. The van der Waals surface area contributed by atoms with Gasteiger partial charge in [0.1, 0.15) is 16.9 Å². The van der Waals surface area contributed by atoms with Crippen molar-refractivity contribution in [2.45, 2.75) is 20.4 Å². The van der Waals surface area contributed by atoms with Gasteiger partial charge >= 0.3 is 0 Å². The second kappa shape index (κ2) is 3.81. The molecular formula is C11H12N4O. The first-order valence-corrected chi connectivity index (χ1v) is 4.94. The van der Waals surface area contributed by atoms with E-state index in [1.807, 2.05) is 11.5 Å². The quantitative estimate of drug-likeness (QED) is 0.651. The average Bonchev–Trinajstić information content (AvgIpc) is 2.58. The van der Waals surface area contributed by atoms with Gasteiger partial charge < -0.3 is 4.57 Å². The topological polar surface area (TPSA) is 52.7 Å². The van der Waals surface area contributed by atoms with Crippen LogP contribution >= 0.6 is 0 Å². The van der Waals surface area contributed by atoms with E-state index in [1.165, 1.54) is 4.68 Å². The van der Waals surface area contributed by atoms with Gasteiger partial charge in [-0.15, -0.1) is 5.92 Å². The number of fused-ring (bicyclic) bond motifs is 1. The molecule has 5 heteroatoms. The summed E-state index contributed by atoms with van der Waals surface area (Å²) in [6.07, 6.45) is 1.60. The third-order valence-electron chi connectivity index (χ3n) is 2.45. The SMILES string of the molecule is CC#CCn1c(C)nc2cnn(C)c(=O)c21. The maximum atomic E-state index is 11.9. The van der Waals surface area contributed by atoms with E-state index in [-0.39, 0.29) is 5.56 Å². The summed E-state index contributed by atoms with van der Waals surface area (Å²) in [5.74, 6) is 6.52. The van der Waals surface area contributed by atoms with Gasteiger partial charge in [-0.3, -0.25) is 4.79 Å². The number of aryl methyl sites for hydroxylation is 2. The highest BCUT2D eigenvalue weighted by molar-refractivity contribution is 5.73. The first-order chi connectivity index (χ1) is 7.65. The Labute approximate surface area is 92.7 Å². The average molecular weight is 216 g/mol. The van der Waals surface area contributed by atoms with Crippen LogP contribution in [0.3, 0.4) is 0 Å². The summed E-state index contributed by atoms with van der Waals surface area (Å²) >= 11 is 0. The third kappa shape index (κ3) is 1.48. The van der Waals surface area contributed by atoms with Crippen molar-refractivity contribution < 1.29 is 0 Å². The van der Waals surface area contributed by atoms with E-state index in [4.69, 9.17) is 0 Å². The third-order valence-corrected chi connectivity index (χ3v) is 2.45. The van der Waals surface area contributed by atoms with Crippen LogP contribution in [-0.2, 0) is 13.6 Å². The molecule has 0 N–H and O–H groups in total. The van der Waals surface area contributed by atoms with Gasteiger partial charge in [0.15, 0.2) is 0 Å². The summed E-state index contributed by atoms with van der Waals surface area (Å²) in [6, 6.07) is 0. The Morgan fingerprint density at radius 1 is 1.50 bits per heavy atom. The van der Waals surface area contributed by atoms with Crippen molar-refractivity contribution in [1.29, 1.82) is 0 Å². The Morgan fingerprint density at radius 3 is 2.94 bits per heavy atom. The maximum Gasteiger partial charge on any atom is 0.292 e. The molecule has 2 heterocycles. The Bertz CT molecular complexity index is 654. The standard InChI is InChI=1S/C11H12N4O/c1-4-5-6-15-8(2)13-9-7-12-14(3)11(16)10(9)15/h7H,6H2,1-3H3. The van der Waals surface area contributed by atoms with E-state index < -0.39 is 0 Å². The van der Waals surface area contributed by atoms with E-state index in [9.17, 15) is 4.79 Å². The van der Waals surface area contributed by atoms with Crippen molar-refractivity contribution in [3.63, 3.8) is 0 Å². The van der Waals surface area contributed by atoms with Crippen molar-refractivity contribution in [1.82, 2.24) is 19.3 Å². The van der Waals surface area contributed by atoms with Crippen molar-refractivity contribution in [2.24, 2.45) is 7.05 Å². The lowest BCUT2D eigenvalue weighted by Crippen LogP contribution is -2.21. The molecule has 5 nitrogen and oxygen atoms in total. The lowest BCUT2D eigenvalue weighted by atomic mass is 10.4. The summed E-state index contributed by atoms with van der Waals surface area (Å²) in [7, 11) is 1.62. The molecule has 0 atom stereocenters. The fraction of sp³-hybridized carbons (Fsp3) is 0.364. The second-order valence-electron chi connectivity index (χ2n) is 3.48. The molecule has 0 bridgehead atoms. The summed E-state index contributed by atoms with van der Waals surface area (Å²) in [5, 5.41) is 3.93. The van der Waals surface area contributed by atoms with E-state index in [1.54, 1.807) is 20.2 Å². The highest BCUT2D eigenvalue weighted by atomic mass is 16.1. The molecule has 0 amide bonds. The van der Waals surface area contributed by atoms with Gasteiger partial charge in [-0.2, -0.15) is 5.10 Å². The summed E-state index contributed by atoms with van der Waals surface area (Å²) in [5.41, 5.74) is 1.05. The lowest BCUT2D eigenvalue weighted by Gasteiger charge is -2.01. The molecule has 0 spiro atoms. The molecule has 2 aromatic rings. The predicted octanol–water partition coefficient (Wildman–Crippen LogP) is 0.462. The minimum atomic E-state index is -0.143. The molecule has 2 aromatic heterocycles. The minimum absolute atomic E-state index is 0.143. The molecule has 16 heavy (non-hydrogen) atoms. The number of rotatable bonds is 1. The van der Waals surface area contributed by atoms with Crippen LogP contribution in [0, 0.1) is 18.8 Å². The van der Waals surface area contributed by atoms with Crippen LogP contribution in [0.5, 0.6) is 0 Å². The molecule has 0 aromatic carbocycles. The molecule has 0 aliphatic carbocycles. The monoisotopic (exact) mass is 216 g/mol. The highest BCUT2D eigenvalue weighted by Crippen LogP contribution is 2.09. The van der Waals surface area contributed by atoms with Gasteiger partial charge in [-0.05, 0) is 13.8 Å². The molecule has 0 aliphatic heterocycles. The summed E-state index contributed by atoms with van der Waals surface area (Å²) in [4.78, 5) is 16.2. The number of imidazole rings is 1. The van der Waals surface area contributed by atoms with Gasteiger partial charge in [0, 0.05) is 7.05 Å². The van der Waals surface area contributed by atoms with Crippen LogP contribution < -0.4 is 5.56 Å². The zero-order chi connectivity index (χ0) is 11.7. The lowest BCUT2D eigenvalue weighted by molar-refractivity contribution is 0.708. The zero-order valence-corrected chi connectivity index (χ0v) is 9.48. The second-order valence-corrected chi connectivity index (χ2v) is 3.48. The van der Waals surface area contributed by atoms with E-state index in [2.05, 4.69) is 21.9 Å². The molecule has 0 aliphatic rings. The van der Waals surface area contributed by atoms with E-state index >= 15 is 0 Å². The number of hydrogen-bond acceptors (Lipinski definition) is 3. The summed E-state index contributed by atoms with van der Waals surface area (Å²) in [6.45, 7) is 4.11. The van der Waals surface area contributed by atoms with Crippen LogP contribution in [-0.4, -0.2) is 19.3 Å². The fourth-order valence-electron chi connectivity index (χ4n) is 1.60. The van der Waals surface area contributed by atoms with Gasteiger partial charge in [0.05, 0.1) is 12.7 Å². The van der Waals surface area contributed by atoms with Crippen LogP contribution in [0.4, 0.5) is 0 Å².